The Kier molecular flexibility index (Phi) is 2.68. The van der Waals surface area contributed by atoms with Crippen molar-refractivity contribution in [3.63, 3.8) is 0 Å². The van der Waals surface area contributed by atoms with E-state index in [9.17, 15) is 0 Å². The van der Waals surface area contributed by atoms with Gasteiger partial charge in [-0.2, -0.15) is 11.8 Å². The molecule has 74 valence electrons. The summed E-state index contributed by atoms with van der Waals surface area (Å²) < 4.78 is 5.43. The lowest BCUT2D eigenvalue weighted by molar-refractivity contribution is 0.613. The van der Waals surface area contributed by atoms with Crippen LogP contribution in [0.25, 0.3) is 11.0 Å². The maximum Gasteiger partial charge on any atom is 0.136 e. The fourth-order valence-electron chi connectivity index (χ4n) is 1.42. The van der Waals surface area contributed by atoms with Crippen LogP contribution >= 0.6 is 11.8 Å². The molecule has 0 aliphatic heterocycles. The Morgan fingerprint density at radius 3 is 3.07 bits per heavy atom. The summed E-state index contributed by atoms with van der Waals surface area (Å²) in [6, 6.07) is 5.81. The van der Waals surface area contributed by atoms with Crippen LogP contribution in [0.15, 0.2) is 28.9 Å². The molecule has 0 bridgehead atoms. The minimum absolute atomic E-state index is 0.751. The normalized spacial score (nSPS) is 10.9. The van der Waals surface area contributed by atoms with Crippen LogP contribution in [0.2, 0.25) is 0 Å². The number of rotatable bonds is 3. The van der Waals surface area contributed by atoms with Crippen molar-refractivity contribution in [1.82, 2.24) is 0 Å². The molecule has 0 saturated carbocycles. The maximum absolute atomic E-state index is 5.67. The van der Waals surface area contributed by atoms with Crippen molar-refractivity contribution >= 4 is 28.4 Å². The molecule has 3 heteroatoms. The van der Waals surface area contributed by atoms with Crippen LogP contribution < -0.4 is 5.73 Å². The molecule has 0 unspecified atom stereocenters. The smallest absolute Gasteiger partial charge is 0.136 e. The van der Waals surface area contributed by atoms with Crippen molar-refractivity contribution in [2.24, 2.45) is 0 Å². The Morgan fingerprint density at radius 2 is 2.29 bits per heavy atom. The van der Waals surface area contributed by atoms with E-state index in [2.05, 4.69) is 6.92 Å². The van der Waals surface area contributed by atoms with Gasteiger partial charge < -0.3 is 10.2 Å². The average Bonchev–Trinajstić information content (AvgIpc) is 2.57. The molecule has 0 aliphatic rings. The third kappa shape index (κ3) is 1.73. The number of nitrogen functional groups attached to an aromatic ring is 1. The molecule has 0 aliphatic carbocycles. The van der Waals surface area contributed by atoms with Gasteiger partial charge >= 0.3 is 0 Å². The van der Waals surface area contributed by atoms with Gasteiger partial charge in [0, 0.05) is 28.5 Å². The summed E-state index contributed by atoms with van der Waals surface area (Å²) >= 11 is 1.89. The van der Waals surface area contributed by atoms with Gasteiger partial charge in [0.1, 0.15) is 5.58 Å². The van der Waals surface area contributed by atoms with E-state index in [0.717, 1.165) is 22.8 Å². The van der Waals surface area contributed by atoms with E-state index in [1.807, 2.05) is 36.2 Å². The second kappa shape index (κ2) is 3.96. The number of nitrogens with two attached hydrogens (primary N) is 1. The first-order valence-electron chi connectivity index (χ1n) is 4.64. The number of furan rings is 1. The van der Waals surface area contributed by atoms with E-state index in [1.165, 1.54) is 10.9 Å². The molecule has 2 aromatic rings. The van der Waals surface area contributed by atoms with Crippen LogP contribution in [0.1, 0.15) is 12.5 Å². The second-order valence-corrected chi connectivity index (χ2v) is 4.43. The summed E-state index contributed by atoms with van der Waals surface area (Å²) in [6.45, 7) is 2.16. The lowest BCUT2D eigenvalue weighted by atomic mass is 10.2. The first kappa shape index (κ1) is 9.46. The quantitative estimate of drug-likeness (QED) is 0.785. The van der Waals surface area contributed by atoms with Gasteiger partial charge in [-0.05, 0) is 17.9 Å². The molecular weight excluding hydrogens is 194 g/mol. The molecular formula is C11H13NOS. The molecule has 0 atom stereocenters. The van der Waals surface area contributed by atoms with Crippen molar-refractivity contribution < 1.29 is 4.42 Å². The summed E-state index contributed by atoms with van der Waals surface area (Å²) in [5.74, 6) is 2.13. The van der Waals surface area contributed by atoms with Crippen molar-refractivity contribution in [3.05, 3.63) is 30.0 Å². The number of fused-ring (bicyclic) bond motifs is 1. The Labute approximate surface area is 87.5 Å². The van der Waals surface area contributed by atoms with Crippen LogP contribution in [0.4, 0.5) is 5.69 Å². The van der Waals surface area contributed by atoms with Gasteiger partial charge in [-0.1, -0.05) is 6.92 Å². The van der Waals surface area contributed by atoms with Gasteiger partial charge in [0.15, 0.2) is 0 Å². The highest BCUT2D eigenvalue weighted by atomic mass is 32.2. The number of benzene rings is 1. The molecule has 2 rings (SSSR count). The molecule has 1 heterocycles. The third-order valence-corrected chi connectivity index (χ3v) is 3.06. The van der Waals surface area contributed by atoms with E-state index in [4.69, 9.17) is 10.2 Å². The zero-order valence-electron chi connectivity index (χ0n) is 8.12. The van der Waals surface area contributed by atoms with Gasteiger partial charge in [-0.25, -0.2) is 0 Å². The van der Waals surface area contributed by atoms with Crippen molar-refractivity contribution in [1.29, 1.82) is 0 Å². The van der Waals surface area contributed by atoms with Crippen molar-refractivity contribution in [2.75, 3.05) is 11.5 Å². The Balaban J connectivity index is 2.37. The average molecular weight is 207 g/mol. The van der Waals surface area contributed by atoms with E-state index in [1.54, 1.807) is 0 Å². The maximum atomic E-state index is 5.67. The standard InChI is InChI=1S/C11H13NOS/c1-2-14-7-8-6-13-11-5-9(12)3-4-10(8)11/h3-6H,2,7,12H2,1H3. The molecule has 14 heavy (non-hydrogen) atoms. The summed E-state index contributed by atoms with van der Waals surface area (Å²) in [7, 11) is 0. The van der Waals surface area contributed by atoms with Gasteiger partial charge in [0.2, 0.25) is 0 Å². The summed E-state index contributed by atoms with van der Waals surface area (Å²) in [5, 5.41) is 1.18. The highest BCUT2D eigenvalue weighted by Gasteiger charge is 2.05. The molecule has 0 amide bonds. The number of hydrogen-bond acceptors (Lipinski definition) is 3. The van der Waals surface area contributed by atoms with Crippen LogP contribution in [0.3, 0.4) is 0 Å². The molecule has 0 saturated heterocycles. The molecule has 0 radical (unpaired) electrons. The highest BCUT2D eigenvalue weighted by molar-refractivity contribution is 7.98. The minimum atomic E-state index is 0.751. The lowest BCUT2D eigenvalue weighted by Gasteiger charge is -1.96. The topological polar surface area (TPSA) is 39.2 Å². The molecule has 0 spiro atoms. The van der Waals surface area contributed by atoms with Crippen LogP contribution in [0.5, 0.6) is 0 Å². The predicted octanol–water partition coefficient (Wildman–Crippen LogP) is 3.27. The first-order valence-corrected chi connectivity index (χ1v) is 5.80. The van der Waals surface area contributed by atoms with Crippen LogP contribution in [-0.2, 0) is 5.75 Å². The SMILES string of the molecule is CCSCc1coc2cc(N)ccc12. The second-order valence-electron chi connectivity index (χ2n) is 3.15. The zero-order valence-corrected chi connectivity index (χ0v) is 8.93. The molecule has 2 N–H and O–H groups in total. The Morgan fingerprint density at radius 1 is 1.43 bits per heavy atom. The predicted molar refractivity (Wildman–Crippen MR) is 62.5 cm³/mol. The molecule has 2 nitrogen and oxygen atoms in total. The summed E-state index contributed by atoms with van der Waals surface area (Å²) in [4.78, 5) is 0. The van der Waals surface area contributed by atoms with Gasteiger partial charge in [0.05, 0.1) is 6.26 Å². The summed E-state index contributed by atoms with van der Waals surface area (Å²) in [5.41, 5.74) is 8.56. The number of thioether (sulfide) groups is 1. The third-order valence-electron chi connectivity index (χ3n) is 2.14. The summed E-state index contributed by atoms with van der Waals surface area (Å²) in [6.07, 6.45) is 1.83. The number of hydrogen-bond donors (Lipinski definition) is 1. The van der Waals surface area contributed by atoms with Crippen LogP contribution in [-0.4, -0.2) is 5.75 Å². The molecule has 1 aromatic heterocycles. The van der Waals surface area contributed by atoms with E-state index >= 15 is 0 Å². The van der Waals surface area contributed by atoms with Gasteiger partial charge in [-0.15, -0.1) is 0 Å². The van der Waals surface area contributed by atoms with Crippen molar-refractivity contribution in [3.8, 4) is 0 Å². The Hall–Kier alpha value is -1.09. The molecule has 1 aromatic carbocycles. The van der Waals surface area contributed by atoms with Gasteiger partial charge in [0.25, 0.3) is 0 Å². The first-order chi connectivity index (χ1) is 6.81. The fraction of sp³-hybridized carbons (Fsp3) is 0.273. The van der Waals surface area contributed by atoms with E-state index in [0.29, 0.717) is 0 Å². The highest BCUT2D eigenvalue weighted by Crippen LogP contribution is 2.26. The molecule has 0 fully saturated rings. The van der Waals surface area contributed by atoms with E-state index < -0.39 is 0 Å². The van der Waals surface area contributed by atoms with Crippen LogP contribution in [0, 0.1) is 0 Å². The minimum Gasteiger partial charge on any atom is -0.464 e. The number of anilines is 1. The van der Waals surface area contributed by atoms with Crippen molar-refractivity contribution in [2.45, 2.75) is 12.7 Å². The zero-order chi connectivity index (χ0) is 9.97. The Bertz CT molecular complexity index is 436. The largest absolute Gasteiger partial charge is 0.464 e. The lowest BCUT2D eigenvalue weighted by Crippen LogP contribution is -1.83. The van der Waals surface area contributed by atoms with E-state index in [-0.39, 0.29) is 0 Å². The fourth-order valence-corrected chi connectivity index (χ4v) is 2.07. The monoisotopic (exact) mass is 207 g/mol. The van der Waals surface area contributed by atoms with Gasteiger partial charge in [-0.3, -0.25) is 0 Å².